The van der Waals surface area contributed by atoms with Crippen molar-refractivity contribution in [3.8, 4) is 5.75 Å². The van der Waals surface area contributed by atoms with Crippen LogP contribution in [0.3, 0.4) is 0 Å². The first kappa shape index (κ1) is 19.7. The van der Waals surface area contributed by atoms with Crippen LogP contribution in [0.15, 0.2) is 22.0 Å². The van der Waals surface area contributed by atoms with Crippen LogP contribution in [-0.4, -0.2) is 38.1 Å². The molecule has 1 aromatic carbocycles. The summed E-state index contributed by atoms with van der Waals surface area (Å²) in [5, 5.41) is 21.8. The summed E-state index contributed by atoms with van der Waals surface area (Å²) >= 11 is 3.04. The largest absolute Gasteiger partial charge is 0.506 e. The molecule has 1 N–H and O–H groups in total. The molecule has 1 aliphatic rings. The van der Waals surface area contributed by atoms with Crippen LogP contribution in [0, 0.1) is 13.7 Å². The molecule has 0 spiro atoms. The predicted molar refractivity (Wildman–Crippen MR) is 108 cm³/mol. The molecule has 0 radical (unpaired) electrons. The summed E-state index contributed by atoms with van der Waals surface area (Å²) in [6, 6.07) is 2.51. The lowest BCUT2D eigenvalue weighted by Gasteiger charge is -2.20. The number of non-ortho nitro benzene ring substituents is 1. The smallest absolute Gasteiger partial charge is 0.271 e. The highest BCUT2D eigenvalue weighted by atomic mass is 127. The quantitative estimate of drug-likeness (QED) is 0.308. The number of nitro groups is 1. The van der Waals surface area contributed by atoms with Crippen molar-refractivity contribution in [1.82, 2.24) is 4.90 Å². The monoisotopic (exact) mass is 475 g/mol. The van der Waals surface area contributed by atoms with E-state index in [0.717, 1.165) is 0 Å². The number of phenols is 1. The van der Waals surface area contributed by atoms with E-state index >= 15 is 0 Å². The molecule has 134 valence electrons. The molecule has 7 nitrogen and oxygen atoms in total. The average molecular weight is 475 g/mol. The number of amides is 1. The molecule has 1 saturated heterocycles. The van der Waals surface area contributed by atoms with Crippen LogP contribution in [0.2, 0.25) is 0 Å². The summed E-state index contributed by atoms with van der Waals surface area (Å²) in [6.07, 6.45) is 1.48. The maximum atomic E-state index is 12.7. The number of hydrogen-bond acceptors (Lipinski definition) is 6. The van der Waals surface area contributed by atoms with Gasteiger partial charge in [-0.05, 0) is 68.1 Å². The Kier molecular flexibility index (Phi) is 6.09. The number of benzene rings is 1. The topological polar surface area (TPSA) is 96.0 Å². The molecule has 25 heavy (non-hydrogen) atoms. The highest BCUT2D eigenvalue weighted by Crippen LogP contribution is 2.37. The summed E-state index contributed by atoms with van der Waals surface area (Å²) < 4.78 is 0.353. The van der Waals surface area contributed by atoms with Crippen molar-refractivity contribution in [1.29, 1.82) is 0 Å². The Morgan fingerprint density at radius 3 is 2.52 bits per heavy atom. The zero-order valence-corrected chi connectivity index (χ0v) is 17.2. The molecule has 1 heterocycles. The van der Waals surface area contributed by atoms with E-state index in [1.54, 1.807) is 4.90 Å². The van der Waals surface area contributed by atoms with Gasteiger partial charge in [0.25, 0.3) is 11.6 Å². The number of phenolic OH excluding ortho intramolecular Hbond substituents is 1. The summed E-state index contributed by atoms with van der Waals surface area (Å²) in [7, 11) is 0. The maximum Gasteiger partial charge on any atom is 0.271 e. The molecular weight excluding hydrogens is 457 g/mol. The summed E-state index contributed by atoms with van der Waals surface area (Å²) in [6.45, 7) is 7.63. The fourth-order valence-electron chi connectivity index (χ4n) is 2.21. The molecule has 1 aliphatic heterocycles. The fraction of sp³-hybridized carbons (Fsp3) is 0.375. The van der Waals surface area contributed by atoms with Gasteiger partial charge in [-0.3, -0.25) is 24.8 Å². The molecule has 0 atom stereocenters. The van der Waals surface area contributed by atoms with Crippen LogP contribution < -0.4 is 0 Å². The molecule has 9 heteroatoms. The van der Waals surface area contributed by atoms with Crippen molar-refractivity contribution >= 4 is 57.2 Å². The predicted octanol–water partition coefficient (Wildman–Crippen LogP) is 3.99. The third-order valence-electron chi connectivity index (χ3n) is 3.30. The summed E-state index contributed by atoms with van der Waals surface area (Å²) in [4.78, 5) is 29.6. The van der Waals surface area contributed by atoms with Crippen LogP contribution in [-0.2, 0) is 4.79 Å². The second-order valence-electron chi connectivity index (χ2n) is 6.01. The first-order chi connectivity index (χ1) is 11.6. The number of halogens is 1. The molecule has 1 aromatic rings. The van der Waals surface area contributed by atoms with Crippen molar-refractivity contribution in [2.45, 2.75) is 39.8 Å². The number of aliphatic imine (C=N–C) groups is 1. The van der Waals surface area contributed by atoms with Crippen molar-refractivity contribution < 1.29 is 14.8 Å². The van der Waals surface area contributed by atoms with Gasteiger partial charge in [-0.1, -0.05) is 0 Å². The van der Waals surface area contributed by atoms with Crippen LogP contribution in [0.4, 0.5) is 5.69 Å². The van der Waals surface area contributed by atoms with Gasteiger partial charge in [0.2, 0.25) is 0 Å². The number of carbonyl (C=O) groups excluding carboxylic acids is 1. The van der Waals surface area contributed by atoms with Gasteiger partial charge < -0.3 is 5.11 Å². The van der Waals surface area contributed by atoms with Crippen LogP contribution in [0.25, 0.3) is 6.08 Å². The third-order valence-corrected chi connectivity index (χ3v) is 5.12. The second kappa shape index (κ2) is 7.73. The van der Waals surface area contributed by atoms with Gasteiger partial charge in [-0.2, -0.15) is 0 Å². The zero-order valence-electron chi connectivity index (χ0n) is 14.2. The number of aromatic hydroxyl groups is 1. The van der Waals surface area contributed by atoms with Gasteiger partial charge in [0.1, 0.15) is 5.75 Å². The molecule has 1 amide bonds. The second-order valence-corrected chi connectivity index (χ2v) is 8.18. The van der Waals surface area contributed by atoms with E-state index in [2.05, 4.69) is 4.99 Å². The van der Waals surface area contributed by atoms with Gasteiger partial charge in [-0.25, -0.2) is 0 Å². The Morgan fingerprint density at radius 1 is 1.36 bits per heavy atom. The lowest BCUT2D eigenvalue weighted by Crippen LogP contribution is -2.35. The molecule has 0 bridgehead atoms. The summed E-state index contributed by atoms with van der Waals surface area (Å²) in [5.74, 6) is -0.308. The minimum atomic E-state index is -0.528. The minimum Gasteiger partial charge on any atom is -0.506 e. The number of nitro benzene ring substituents is 1. The number of nitrogens with zero attached hydrogens (tertiary/aromatic N) is 3. The standard InChI is InChI=1S/C16H18IN3O4S/c1-8(2)18-16-19(9(3)4)15(22)13(25-16)6-10-5-11(20(23)24)7-12(17)14(10)21/h5-9,21H,1-4H3/b13-6+,18-16?. The number of hydrogen-bond donors (Lipinski definition) is 1. The SMILES string of the molecule is CC(C)N=C1S/C(=C/c2cc([N+](=O)[O-])cc(I)c2O)C(=O)N1C(C)C. The Labute approximate surface area is 163 Å². The number of thioether (sulfide) groups is 1. The minimum absolute atomic E-state index is 0.0306. The zero-order chi connectivity index (χ0) is 18.9. The average Bonchev–Trinajstić information content (AvgIpc) is 2.78. The van der Waals surface area contributed by atoms with Crippen LogP contribution >= 0.6 is 34.4 Å². The normalized spacial score (nSPS) is 18.2. The first-order valence-electron chi connectivity index (χ1n) is 7.59. The van der Waals surface area contributed by atoms with E-state index in [0.29, 0.717) is 13.6 Å². The lowest BCUT2D eigenvalue weighted by atomic mass is 10.1. The Morgan fingerprint density at radius 2 is 2.00 bits per heavy atom. The van der Waals surface area contributed by atoms with E-state index in [9.17, 15) is 20.0 Å². The van der Waals surface area contributed by atoms with Crippen molar-refractivity contribution in [3.05, 3.63) is 36.3 Å². The van der Waals surface area contributed by atoms with Gasteiger partial charge in [-0.15, -0.1) is 0 Å². The van der Waals surface area contributed by atoms with Crippen molar-refractivity contribution in [3.63, 3.8) is 0 Å². The van der Waals surface area contributed by atoms with E-state index in [4.69, 9.17) is 0 Å². The fourth-order valence-corrected chi connectivity index (χ4v) is 4.07. The Balaban J connectivity index is 2.52. The van der Waals surface area contributed by atoms with Gasteiger partial charge >= 0.3 is 0 Å². The van der Waals surface area contributed by atoms with E-state index in [1.807, 2.05) is 50.3 Å². The van der Waals surface area contributed by atoms with Crippen molar-refractivity contribution in [2.75, 3.05) is 0 Å². The molecule has 0 aromatic heterocycles. The summed E-state index contributed by atoms with van der Waals surface area (Å²) in [5.41, 5.74) is 0.102. The number of amidine groups is 1. The van der Waals surface area contributed by atoms with Crippen molar-refractivity contribution in [2.24, 2.45) is 4.99 Å². The van der Waals surface area contributed by atoms with E-state index in [1.165, 1.54) is 30.0 Å². The maximum absolute atomic E-state index is 12.7. The Bertz CT molecular complexity index is 790. The Hall–Kier alpha value is -1.62. The highest BCUT2D eigenvalue weighted by Gasteiger charge is 2.35. The van der Waals surface area contributed by atoms with E-state index in [-0.39, 0.29) is 35.0 Å². The lowest BCUT2D eigenvalue weighted by molar-refractivity contribution is -0.385. The van der Waals surface area contributed by atoms with Crippen LogP contribution in [0.5, 0.6) is 5.75 Å². The first-order valence-corrected chi connectivity index (χ1v) is 9.49. The van der Waals surface area contributed by atoms with Gasteiger partial charge in [0, 0.05) is 29.8 Å². The number of carbonyl (C=O) groups is 1. The molecule has 0 unspecified atom stereocenters. The molecule has 0 saturated carbocycles. The number of rotatable bonds is 4. The highest BCUT2D eigenvalue weighted by molar-refractivity contribution is 14.1. The molecule has 0 aliphatic carbocycles. The van der Waals surface area contributed by atoms with Gasteiger partial charge in [0.15, 0.2) is 5.17 Å². The van der Waals surface area contributed by atoms with Gasteiger partial charge in [0.05, 0.1) is 13.4 Å². The van der Waals surface area contributed by atoms with Crippen LogP contribution in [0.1, 0.15) is 33.3 Å². The molecular formula is C16H18IN3O4S. The third kappa shape index (κ3) is 4.32. The molecule has 1 fully saturated rings. The van der Waals surface area contributed by atoms with E-state index < -0.39 is 4.92 Å². The molecule has 2 rings (SSSR count).